The van der Waals surface area contributed by atoms with Crippen LogP contribution in [0.2, 0.25) is 0 Å². The van der Waals surface area contributed by atoms with E-state index in [-0.39, 0.29) is 11.9 Å². The number of benzene rings is 1. The summed E-state index contributed by atoms with van der Waals surface area (Å²) in [6.45, 7) is 1.77. The number of amides is 1. The summed E-state index contributed by atoms with van der Waals surface area (Å²) in [5.74, 6) is 0.0152. The molecule has 1 fully saturated rings. The SMILES string of the molecule is CNC1C(=O)Nc2cc(N(C)CC3CCCO3)ccc21. The van der Waals surface area contributed by atoms with Crippen LogP contribution in [0, 0.1) is 0 Å². The minimum Gasteiger partial charge on any atom is -0.376 e. The molecule has 0 aromatic heterocycles. The Morgan fingerprint density at radius 2 is 2.35 bits per heavy atom. The topological polar surface area (TPSA) is 53.6 Å². The number of carbonyl (C=O) groups is 1. The Kier molecular flexibility index (Phi) is 3.63. The number of likely N-dealkylation sites (N-methyl/N-ethyl adjacent to an activating group) is 2. The molecule has 2 aliphatic rings. The van der Waals surface area contributed by atoms with Crippen molar-refractivity contribution in [1.29, 1.82) is 0 Å². The first-order valence-electron chi connectivity index (χ1n) is 7.14. The number of rotatable bonds is 4. The van der Waals surface area contributed by atoms with E-state index < -0.39 is 0 Å². The maximum atomic E-state index is 11.8. The molecule has 108 valence electrons. The first kappa shape index (κ1) is 13.4. The van der Waals surface area contributed by atoms with Crippen LogP contribution in [0.1, 0.15) is 24.4 Å². The molecule has 1 aromatic rings. The van der Waals surface area contributed by atoms with Crippen molar-refractivity contribution in [2.24, 2.45) is 0 Å². The third-order valence-electron chi connectivity index (χ3n) is 4.10. The molecule has 0 saturated carbocycles. The Labute approximate surface area is 119 Å². The van der Waals surface area contributed by atoms with Crippen LogP contribution in [0.4, 0.5) is 11.4 Å². The number of hydrogen-bond donors (Lipinski definition) is 2. The predicted octanol–water partition coefficient (Wildman–Crippen LogP) is 1.51. The highest BCUT2D eigenvalue weighted by Gasteiger charge is 2.29. The molecule has 2 atom stereocenters. The van der Waals surface area contributed by atoms with Crippen molar-refractivity contribution in [2.75, 3.05) is 37.5 Å². The summed E-state index contributed by atoms with van der Waals surface area (Å²) in [6, 6.07) is 5.90. The fourth-order valence-corrected chi connectivity index (χ4v) is 2.97. The van der Waals surface area contributed by atoms with Gasteiger partial charge in [0.2, 0.25) is 5.91 Å². The van der Waals surface area contributed by atoms with Crippen LogP contribution in [-0.4, -0.2) is 39.3 Å². The van der Waals surface area contributed by atoms with Crippen LogP contribution in [0.3, 0.4) is 0 Å². The quantitative estimate of drug-likeness (QED) is 0.874. The highest BCUT2D eigenvalue weighted by Crippen LogP contribution is 2.33. The second-order valence-electron chi connectivity index (χ2n) is 5.50. The molecule has 1 aromatic carbocycles. The van der Waals surface area contributed by atoms with Crippen molar-refractivity contribution in [2.45, 2.75) is 25.0 Å². The Balaban J connectivity index is 1.75. The molecule has 1 saturated heterocycles. The lowest BCUT2D eigenvalue weighted by molar-refractivity contribution is -0.117. The van der Waals surface area contributed by atoms with E-state index in [1.807, 2.05) is 12.1 Å². The second kappa shape index (κ2) is 5.42. The van der Waals surface area contributed by atoms with Crippen molar-refractivity contribution in [3.63, 3.8) is 0 Å². The number of anilines is 2. The molecule has 20 heavy (non-hydrogen) atoms. The zero-order valence-electron chi connectivity index (χ0n) is 12.0. The van der Waals surface area contributed by atoms with Gasteiger partial charge in [0.1, 0.15) is 6.04 Å². The number of carbonyl (C=O) groups excluding carboxylic acids is 1. The fraction of sp³-hybridized carbons (Fsp3) is 0.533. The zero-order chi connectivity index (χ0) is 14.1. The van der Waals surface area contributed by atoms with Gasteiger partial charge in [-0.25, -0.2) is 0 Å². The van der Waals surface area contributed by atoms with E-state index in [0.717, 1.165) is 42.9 Å². The Morgan fingerprint density at radius 1 is 1.50 bits per heavy atom. The van der Waals surface area contributed by atoms with Crippen LogP contribution in [0.15, 0.2) is 18.2 Å². The van der Waals surface area contributed by atoms with E-state index in [4.69, 9.17) is 4.74 Å². The molecule has 0 radical (unpaired) electrons. The first-order valence-corrected chi connectivity index (χ1v) is 7.14. The third kappa shape index (κ3) is 2.39. The van der Waals surface area contributed by atoms with E-state index in [2.05, 4.69) is 28.6 Å². The van der Waals surface area contributed by atoms with Gasteiger partial charge in [-0.15, -0.1) is 0 Å². The summed E-state index contributed by atoms with van der Waals surface area (Å²) < 4.78 is 5.67. The molecule has 2 N–H and O–H groups in total. The third-order valence-corrected chi connectivity index (χ3v) is 4.10. The highest BCUT2D eigenvalue weighted by molar-refractivity contribution is 6.03. The van der Waals surface area contributed by atoms with E-state index >= 15 is 0 Å². The number of nitrogens with zero attached hydrogens (tertiary/aromatic N) is 1. The van der Waals surface area contributed by atoms with Crippen LogP contribution >= 0.6 is 0 Å². The van der Waals surface area contributed by atoms with Gasteiger partial charge in [-0.1, -0.05) is 6.07 Å². The lowest BCUT2D eigenvalue weighted by atomic mass is 10.1. The van der Waals surface area contributed by atoms with Gasteiger partial charge in [-0.3, -0.25) is 4.79 Å². The van der Waals surface area contributed by atoms with Crippen LogP contribution in [0.5, 0.6) is 0 Å². The minimum atomic E-state index is -0.234. The summed E-state index contributed by atoms with van der Waals surface area (Å²) in [4.78, 5) is 14.0. The van der Waals surface area contributed by atoms with Gasteiger partial charge in [0.25, 0.3) is 0 Å². The number of fused-ring (bicyclic) bond motifs is 1. The van der Waals surface area contributed by atoms with Crippen LogP contribution in [-0.2, 0) is 9.53 Å². The summed E-state index contributed by atoms with van der Waals surface area (Å²) >= 11 is 0. The lowest BCUT2D eigenvalue weighted by Crippen LogP contribution is -2.28. The van der Waals surface area contributed by atoms with Gasteiger partial charge in [0.05, 0.1) is 6.10 Å². The molecule has 0 aliphatic carbocycles. The van der Waals surface area contributed by atoms with Crippen LogP contribution < -0.4 is 15.5 Å². The Morgan fingerprint density at radius 3 is 3.05 bits per heavy atom. The second-order valence-corrected chi connectivity index (χ2v) is 5.50. The predicted molar refractivity (Wildman–Crippen MR) is 79.1 cm³/mol. The van der Waals surface area contributed by atoms with Crippen molar-refractivity contribution < 1.29 is 9.53 Å². The molecule has 2 heterocycles. The Hall–Kier alpha value is -1.59. The molecular weight excluding hydrogens is 254 g/mol. The number of ether oxygens (including phenoxy) is 1. The van der Waals surface area contributed by atoms with Gasteiger partial charge in [-0.05, 0) is 32.0 Å². The molecule has 0 spiro atoms. The van der Waals surface area contributed by atoms with E-state index in [1.54, 1.807) is 7.05 Å². The smallest absolute Gasteiger partial charge is 0.246 e. The van der Waals surface area contributed by atoms with E-state index in [1.165, 1.54) is 0 Å². The number of nitrogens with one attached hydrogen (secondary N) is 2. The van der Waals surface area contributed by atoms with Crippen LogP contribution in [0.25, 0.3) is 0 Å². The first-order chi connectivity index (χ1) is 9.69. The largest absolute Gasteiger partial charge is 0.376 e. The number of hydrogen-bond acceptors (Lipinski definition) is 4. The molecule has 5 heteroatoms. The molecule has 2 unspecified atom stereocenters. The average molecular weight is 275 g/mol. The van der Waals surface area contributed by atoms with Crippen molar-refractivity contribution >= 4 is 17.3 Å². The van der Waals surface area contributed by atoms with Gasteiger partial charge in [0.15, 0.2) is 0 Å². The molecule has 0 bridgehead atoms. The summed E-state index contributed by atoms with van der Waals surface area (Å²) in [6.07, 6.45) is 2.61. The van der Waals surface area contributed by atoms with Gasteiger partial charge >= 0.3 is 0 Å². The summed E-state index contributed by atoms with van der Waals surface area (Å²) in [5, 5.41) is 5.96. The average Bonchev–Trinajstić information content (AvgIpc) is 3.04. The molecule has 1 amide bonds. The van der Waals surface area contributed by atoms with Gasteiger partial charge in [0, 0.05) is 37.1 Å². The maximum absolute atomic E-state index is 11.8. The van der Waals surface area contributed by atoms with E-state index in [0.29, 0.717) is 6.10 Å². The van der Waals surface area contributed by atoms with Gasteiger partial charge < -0.3 is 20.3 Å². The standard InChI is InChI=1S/C15H21N3O2/c1-16-14-12-6-5-10(8-13(12)17-15(14)19)18(2)9-11-4-3-7-20-11/h5-6,8,11,14,16H,3-4,7,9H2,1-2H3,(H,17,19). The zero-order valence-corrected chi connectivity index (χ0v) is 12.0. The van der Waals surface area contributed by atoms with Crippen molar-refractivity contribution in [3.05, 3.63) is 23.8 Å². The molecular formula is C15H21N3O2. The molecule has 2 aliphatic heterocycles. The summed E-state index contributed by atoms with van der Waals surface area (Å²) in [7, 11) is 3.87. The normalized spacial score (nSPS) is 24.6. The van der Waals surface area contributed by atoms with E-state index in [9.17, 15) is 4.79 Å². The Bertz CT molecular complexity index is 512. The fourth-order valence-electron chi connectivity index (χ4n) is 2.97. The minimum absolute atomic E-state index is 0.0152. The molecule has 3 rings (SSSR count). The lowest BCUT2D eigenvalue weighted by Gasteiger charge is -2.23. The van der Waals surface area contributed by atoms with Crippen molar-refractivity contribution in [3.8, 4) is 0 Å². The maximum Gasteiger partial charge on any atom is 0.246 e. The van der Waals surface area contributed by atoms with Crippen molar-refractivity contribution in [1.82, 2.24) is 5.32 Å². The summed E-state index contributed by atoms with van der Waals surface area (Å²) in [5.41, 5.74) is 3.04. The molecule has 5 nitrogen and oxygen atoms in total. The van der Waals surface area contributed by atoms with Gasteiger partial charge in [-0.2, -0.15) is 0 Å². The monoisotopic (exact) mass is 275 g/mol. The highest BCUT2D eigenvalue weighted by atomic mass is 16.5.